The lowest BCUT2D eigenvalue weighted by Gasteiger charge is -2.13. The number of primary sulfonamides is 1. The summed E-state index contributed by atoms with van der Waals surface area (Å²) in [7, 11) is -3.53. The van der Waals surface area contributed by atoms with Crippen LogP contribution in [0.4, 0.5) is 0 Å². The molecule has 56 valence electrons. The first-order chi connectivity index (χ1) is 3.71. The molecule has 0 aromatic carbocycles. The first-order valence-corrected chi connectivity index (χ1v) is 4.15. The van der Waals surface area contributed by atoms with Crippen LogP contribution in [-0.4, -0.2) is 24.9 Å². The van der Waals surface area contributed by atoms with Crippen LogP contribution in [0.1, 0.15) is 13.8 Å². The third kappa shape index (κ3) is 7.87. The van der Waals surface area contributed by atoms with Crippen LogP contribution in [0.2, 0.25) is 0 Å². The molecule has 0 atom stereocenters. The number of nitrogens with two attached hydrogens (primary N) is 1. The van der Waals surface area contributed by atoms with Crippen molar-refractivity contribution in [1.82, 2.24) is 0 Å². The Balaban J connectivity index is 4.07. The van der Waals surface area contributed by atoms with Crippen molar-refractivity contribution in [2.24, 2.45) is 5.14 Å². The summed E-state index contributed by atoms with van der Waals surface area (Å²) in [4.78, 5) is 0. The van der Waals surface area contributed by atoms with Crippen molar-refractivity contribution in [2.45, 2.75) is 19.4 Å². The zero-order chi connectivity index (χ0) is 7.71. The standard InChI is InChI=1S/C4H11NO3S/c1-4(2,6)3-9(5,7)8/h6H,3H2,1-2H3,(H2,5,7,8). The van der Waals surface area contributed by atoms with Crippen molar-refractivity contribution in [3.05, 3.63) is 0 Å². The Labute approximate surface area is 54.7 Å². The van der Waals surface area contributed by atoms with Gasteiger partial charge in [-0.2, -0.15) is 0 Å². The van der Waals surface area contributed by atoms with E-state index in [4.69, 9.17) is 5.11 Å². The maximum absolute atomic E-state index is 10.3. The average Bonchev–Trinajstić information content (AvgIpc) is 1.14. The average molecular weight is 153 g/mol. The van der Waals surface area contributed by atoms with Gasteiger partial charge in [0.25, 0.3) is 0 Å². The van der Waals surface area contributed by atoms with Crippen LogP contribution in [-0.2, 0) is 10.0 Å². The van der Waals surface area contributed by atoms with E-state index in [1.807, 2.05) is 0 Å². The van der Waals surface area contributed by atoms with Crippen LogP contribution in [0, 0.1) is 0 Å². The normalized spacial score (nSPS) is 13.8. The number of sulfonamides is 1. The molecule has 0 aliphatic heterocycles. The van der Waals surface area contributed by atoms with E-state index in [9.17, 15) is 8.42 Å². The third-order valence-electron chi connectivity index (χ3n) is 0.554. The Morgan fingerprint density at radius 2 is 1.89 bits per heavy atom. The second-order valence-corrected chi connectivity index (χ2v) is 4.23. The van der Waals surface area contributed by atoms with Gasteiger partial charge in [-0.15, -0.1) is 0 Å². The van der Waals surface area contributed by atoms with Crippen LogP contribution < -0.4 is 5.14 Å². The Morgan fingerprint density at radius 3 is 1.89 bits per heavy atom. The zero-order valence-electron chi connectivity index (χ0n) is 5.46. The molecule has 0 amide bonds. The van der Waals surface area contributed by atoms with Crippen molar-refractivity contribution in [2.75, 3.05) is 5.75 Å². The van der Waals surface area contributed by atoms with Crippen molar-refractivity contribution in [1.29, 1.82) is 0 Å². The number of hydrogen-bond donors (Lipinski definition) is 2. The van der Waals surface area contributed by atoms with Crippen LogP contribution in [0.5, 0.6) is 0 Å². The third-order valence-corrected chi connectivity index (χ3v) is 1.66. The molecule has 0 radical (unpaired) electrons. The van der Waals surface area contributed by atoms with Gasteiger partial charge in [0.2, 0.25) is 10.0 Å². The first-order valence-electron chi connectivity index (χ1n) is 2.43. The molecule has 9 heavy (non-hydrogen) atoms. The van der Waals surface area contributed by atoms with Gasteiger partial charge in [0.1, 0.15) is 0 Å². The van der Waals surface area contributed by atoms with Crippen molar-refractivity contribution in [3.8, 4) is 0 Å². The van der Waals surface area contributed by atoms with Crippen LogP contribution in [0.15, 0.2) is 0 Å². The predicted molar refractivity (Wildman–Crippen MR) is 34.3 cm³/mol. The second-order valence-electron chi connectivity index (χ2n) is 2.62. The van der Waals surface area contributed by atoms with Gasteiger partial charge < -0.3 is 5.11 Å². The molecule has 0 rings (SSSR count). The first kappa shape index (κ1) is 8.87. The van der Waals surface area contributed by atoms with Crippen LogP contribution >= 0.6 is 0 Å². The van der Waals surface area contributed by atoms with Gasteiger partial charge in [0.15, 0.2) is 0 Å². The fourth-order valence-corrected chi connectivity index (χ4v) is 1.48. The van der Waals surface area contributed by atoms with E-state index in [2.05, 4.69) is 5.14 Å². The fraction of sp³-hybridized carbons (Fsp3) is 1.00. The Morgan fingerprint density at radius 1 is 1.56 bits per heavy atom. The molecule has 0 unspecified atom stereocenters. The lowest BCUT2D eigenvalue weighted by atomic mass is 10.2. The molecule has 4 nitrogen and oxygen atoms in total. The van der Waals surface area contributed by atoms with Gasteiger partial charge in [-0.1, -0.05) is 0 Å². The van der Waals surface area contributed by atoms with Gasteiger partial charge in [-0.3, -0.25) is 0 Å². The maximum Gasteiger partial charge on any atom is 0.211 e. The van der Waals surface area contributed by atoms with E-state index >= 15 is 0 Å². The summed E-state index contributed by atoms with van der Waals surface area (Å²) >= 11 is 0. The SMILES string of the molecule is CC(C)(O)CS(N)(=O)=O. The van der Waals surface area contributed by atoms with Crippen LogP contribution in [0.3, 0.4) is 0 Å². The Kier molecular flexibility index (Phi) is 2.21. The smallest absolute Gasteiger partial charge is 0.211 e. The minimum atomic E-state index is -3.53. The van der Waals surface area contributed by atoms with E-state index in [-0.39, 0.29) is 0 Å². The summed E-state index contributed by atoms with van der Waals surface area (Å²) in [5, 5.41) is 13.5. The van der Waals surface area contributed by atoms with Crippen LogP contribution in [0.25, 0.3) is 0 Å². The van der Waals surface area contributed by atoms with E-state index in [1.54, 1.807) is 0 Å². The summed E-state index contributed by atoms with van der Waals surface area (Å²) in [6, 6.07) is 0. The summed E-state index contributed by atoms with van der Waals surface area (Å²) in [5.74, 6) is -0.403. The minimum Gasteiger partial charge on any atom is -0.389 e. The Hall–Kier alpha value is -0.130. The molecule has 0 heterocycles. The van der Waals surface area contributed by atoms with Gasteiger partial charge in [-0.25, -0.2) is 13.6 Å². The highest BCUT2D eigenvalue weighted by Crippen LogP contribution is 2.01. The monoisotopic (exact) mass is 153 g/mol. The summed E-state index contributed by atoms with van der Waals surface area (Å²) in [5.41, 5.74) is -1.23. The highest BCUT2D eigenvalue weighted by molar-refractivity contribution is 7.89. The van der Waals surface area contributed by atoms with E-state index < -0.39 is 21.4 Å². The van der Waals surface area contributed by atoms with Crippen molar-refractivity contribution >= 4 is 10.0 Å². The van der Waals surface area contributed by atoms with Crippen molar-refractivity contribution in [3.63, 3.8) is 0 Å². The minimum absolute atomic E-state index is 0.403. The molecule has 0 spiro atoms. The Bertz CT molecular complexity index is 176. The number of aliphatic hydroxyl groups is 1. The molecule has 3 N–H and O–H groups in total. The van der Waals surface area contributed by atoms with Crippen molar-refractivity contribution < 1.29 is 13.5 Å². The predicted octanol–water partition coefficient (Wildman–Crippen LogP) is -0.954. The molecular weight excluding hydrogens is 142 g/mol. The molecule has 0 aromatic heterocycles. The lowest BCUT2D eigenvalue weighted by molar-refractivity contribution is 0.105. The fourth-order valence-electron chi connectivity index (χ4n) is 0.492. The molecule has 0 fully saturated rings. The second kappa shape index (κ2) is 2.24. The molecule has 0 aliphatic rings. The van der Waals surface area contributed by atoms with Gasteiger partial charge in [0, 0.05) is 0 Å². The molecule has 5 heteroatoms. The molecule has 0 bridgehead atoms. The number of rotatable bonds is 2. The van der Waals surface area contributed by atoms with E-state index in [0.717, 1.165) is 0 Å². The van der Waals surface area contributed by atoms with E-state index in [0.29, 0.717) is 0 Å². The van der Waals surface area contributed by atoms with Gasteiger partial charge in [-0.05, 0) is 13.8 Å². The summed E-state index contributed by atoms with van der Waals surface area (Å²) in [6.07, 6.45) is 0. The molecule has 0 saturated carbocycles. The van der Waals surface area contributed by atoms with Gasteiger partial charge >= 0.3 is 0 Å². The highest BCUT2D eigenvalue weighted by atomic mass is 32.2. The highest BCUT2D eigenvalue weighted by Gasteiger charge is 2.19. The molecule has 0 aromatic rings. The molecule has 0 aliphatic carbocycles. The largest absolute Gasteiger partial charge is 0.389 e. The molecule has 0 saturated heterocycles. The molecular formula is C4H11NO3S. The number of hydrogen-bond acceptors (Lipinski definition) is 3. The zero-order valence-corrected chi connectivity index (χ0v) is 6.27. The summed E-state index contributed by atoms with van der Waals surface area (Å²) < 4.78 is 20.5. The lowest BCUT2D eigenvalue weighted by Crippen LogP contribution is -2.33. The maximum atomic E-state index is 10.3. The quantitative estimate of drug-likeness (QED) is 0.536. The van der Waals surface area contributed by atoms with Gasteiger partial charge in [0.05, 0.1) is 11.4 Å². The van der Waals surface area contributed by atoms with E-state index in [1.165, 1.54) is 13.8 Å². The topological polar surface area (TPSA) is 80.4 Å². The summed E-state index contributed by atoms with van der Waals surface area (Å²) in [6.45, 7) is 2.77.